The molecule has 4 nitrogen and oxygen atoms in total. The van der Waals surface area contributed by atoms with Crippen molar-refractivity contribution in [3.05, 3.63) is 36.4 Å². The second-order valence-electron chi connectivity index (χ2n) is 7.17. The topological polar surface area (TPSA) is 47.6 Å². The molecule has 1 aliphatic rings. The Balaban J connectivity index is 1.92. The van der Waals surface area contributed by atoms with E-state index in [0.29, 0.717) is 19.1 Å². The Morgan fingerprint density at radius 2 is 1.92 bits per heavy atom. The zero-order chi connectivity index (χ0) is 18.6. The third-order valence-electron chi connectivity index (χ3n) is 5.22. The molecule has 0 aromatic heterocycles. The number of fused-ring (bicyclic) bond motifs is 1. The third kappa shape index (κ3) is 3.70. The fraction of sp³-hybridized carbons (Fsp3) is 0.500. The van der Waals surface area contributed by atoms with Crippen LogP contribution in [0.5, 0.6) is 5.75 Å². The van der Waals surface area contributed by atoms with Gasteiger partial charge in [0.2, 0.25) is 0 Å². The summed E-state index contributed by atoms with van der Waals surface area (Å²) < 4.78 is 11.7. The van der Waals surface area contributed by atoms with Gasteiger partial charge >= 0.3 is 0 Å². The number of hydrogen-bond acceptors (Lipinski definition) is 3. The third-order valence-corrected chi connectivity index (χ3v) is 5.22. The Bertz CT molecular complexity index is 769. The van der Waals surface area contributed by atoms with Crippen molar-refractivity contribution in [3.63, 3.8) is 0 Å². The molecule has 4 heteroatoms. The minimum absolute atomic E-state index is 0.0276. The van der Waals surface area contributed by atoms with Crippen LogP contribution in [0.2, 0.25) is 0 Å². The predicted octanol–water partition coefficient (Wildman–Crippen LogP) is 5.16. The number of amides is 1. The summed E-state index contributed by atoms with van der Waals surface area (Å²) in [7, 11) is 0. The zero-order valence-corrected chi connectivity index (χ0v) is 16.0. The maximum Gasteiger partial charge on any atom is 0.256 e. The SMILES string of the molecule is CCOc1ccc(NC(=O)[C@@]2(OCC)CCC[C@H](C)C2)c2ccccc12. The smallest absolute Gasteiger partial charge is 0.256 e. The van der Waals surface area contributed by atoms with Crippen molar-refractivity contribution in [1.82, 2.24) is 0 Å². The van der Waals surface area contributed by atoms with Crippen molar-refractivity contribution in [1.29, 1.82) is 0 Å². The van der Waals surface area contributed by atoms with E-state index in [1.54, 1.807) is 0 Å². The van der Waals surface area contributed by atoms with Gasteiger partial charge in [-0.15, -0.1) is 0 Å². The number of ether oxygens (including phenoxy) is 2. The Labute approximate surface area is 155 Å². The van der Waals surface area contributed by atoms with Gasteiger partial charge in [0.15, 0.2) is 0 Å². The monoisotopic (exact) mass is 355 g/mol. The number of nitrogens with one attached hydrogen (secondary N) is 1. The summed E-state index contributed by atoms with van der Waals surface area (Å²) in [6, 6.07) is 11.9. The standard InChI is InChI=1S/C22H29NO3/c1-4-25-20-13-12-19(17-10-6-7-11-18(17)20)23-21(24)22(26-5-2)14-8-9-16(3)15-22/h6-7,10-13,16H,4-5,8-9,14-15H2,1-3H3,(H,23,24)/t16-,22+/m0/s1. The van der Waals surface area contributed by atoms with E-state index < -0.39 is 5.60 Å². The number of carbonyl (C=O) groups excluding carboxylic acids is 1. The summed E-state index contributed by atoms with van der Waals surface area (Å²) in [5.41, 5.74) is 0.0953. The largest absolute Gasteiger partial charge is 0.493 e. The molecular formula is C22H29NO3. The first-order valence-electron chi connectivity index (χ1n) is 9.69. The summed E-state index contributed by atoms with van der Waals surface area (Å²) in [6.07, 6.45) is 3.75. The maximum absolute atomic E-state index is 13.2. The first-order chi connectivity index (χ1) is 12.6. The normalized spacial score (nSPS) is 23.0. The highest BCUT2D eigenvalue weighted by Crippen LogP contribution is 2.37. The quantitative estimate of drug-likeness (QED) is 0.778. The fourth-order valence-electron chi connectivity index (χ4n) is 4.08. The molecule has 1 N–H and O–H groups in total. The lowest BCUT2D eigenvalue weighted by Gasteiger charge is -2.38. The highest BCUT2D eigenvalue weighted by Gasteiger charge is 2.42. The van der Waals surface area contributed by atoms with Gasteiger partial charge in [-0.2, -0.15) is 0 Å². The Morgan fingerprint density at radius 1 is 1.15 bits per heavy atom. The van der Waals surface area contributed by atoms with E-state index in [9.17, 15) is 4.79 Å². The van der Waals surface area contributed by atoms with Gasteiger partial charge in [0.25, 0.3) is 5.91 Å². The number of rotatable bonds is 6. The van der Waals surface area contributed by atoms with Crippen molar-refractivity contribution < 1.29 is 14.3 Å². The summed E-state index contributed by atoms with van der Waals surface area (Å²) in [5.74, 6) is 1.31. The van der Waals surface area contributed by atoms with E-state index in [1.165, 1.54) is 0 Å². The van der Waals surface area contributed by atoms with Gasteiger partial charge in [-0.05, 0) is 51.2 Å². The summed E-state index contributed by atoms with van der Waals surface area (Å²) in [5, 5.41) is 5.15. The average Bonchev–Trinajstić information content (AvgIpc) is 2.64. The van der Waals surface area contributed by atoms with E-state index in [-0.39, 0.29) is 5.91 Å². The van der Waals surface area contributed by atoms with Crippen LogP contribution in [0, 0.1) is 5.92 Å². The van der Waals surface area contributed by atoms with Gasteiger partial charge in [-0.3, -0.25) is 4.79 Å². The zero-order valence-electron chi connectivity index (χ0n) is 16.0. The molecule has 2 aromatic carbocycles. The van der Waals surface area contributed by atoms with Crippen molar-refractivity contribution in [2.24, 2.45) is 5.92 Å². The summed E-state index contributed by atoms with van der Waals surface area (Å²) >= 11 is 0. The molecule has 0 radical (unpaired) electrons. The van der Waals surface area contributed by atoms with Gasteiger partial charge in [-0.1, -0.05) is 37.6 Å². The summed E-state index contributed by atoms with van der Waals surface area (Å²) in [4.78, 5) is 13.2. The molecule has 0 heterocycles. The molecule has 2 aromatic rings. The van der Waals surface area contributed by atoms with Gasteiger partial charge < -0.3 is 14.8 Å². The van der Waals surface area contributed by atoms with Crippen LogP contribution in [0.25, 0.3) is 10.8 Å². The number of anilines is 1. The fourth-order valence-corrected chi connectivity index (χ4v) is 4.08. The van der Waals surface area contributed by atoms with Gasteiger partial charge in [0.1, 0.15) is 11.4 Å². The lowest BCUT2D eigenvalue weighted by molar-refractivity contribution is -0.147. The van der Waals surface area contributed by atoms with Crippen LogP contribution in [-0.4, -0.2) is 24.7 Å². The van der Waals surface area contributed by atoms with Crippen LogP contribution in [0.15, 0.2) is 36.4 Å². The van der Waals surface area contributed by atoms with Crippen molar-refractivity contribution in [2.45, 2.75) is 52.1 Å². The van der Waals surface area contributed by atoms with Crippen molar-refractivity contribution in [2.75, 3.05) is 18.5 Å². The molecule has 1 saturated carbocycles. The molecule has 0 saturated heterocycles. The molecule has 1 aliphatic carbocycles. The first-order valence-corrected chi connectivity index (χ1v) is 9.69. The summed E-state index contributed by atoms with van der Waals surface area (Å²) in [6.45, 7) is 7.29. The molecule has 140 valence electrons. The van der Waals surface area contributed by atoms with Crippen LogP contribution in [0.1, 0.15) is 46.5 Å². The molecule has 0 unspecified atom stereocenters. The van der Waals surface area contributed by atoms with Crippen LogP contribution in [0.4, 0.5) is 5.69 Å². The van der Waals surface area contributed by atoms with E-state index >= 15 is 0 Å². The van der Waals surface area contributed by atoms with Crippen LogP contribution in [-0.2, 0) is 9.53 Å². The minimum Gasteiger partial charge on any atom is -0.493 e. The molecule has 0 spiro atoms. The molecule has 26 heavy (non-hydrogen) atoms. The highest BCUT2D eigenvalue weighted by atomic mass is 16.5. The van der Waals surface area contributed by atoms with E-state index in [0.717, 1.165) is 47.9 Å². The lowest BCUT2D eigenvalue weighted by atomic mass is 9.78. The van der Waals surface area contributed by atoms with Crippen molar-refractivity contribution >= 4 is 22.4 Å². The van der Waals surface area contributed by atoms with Gasteiger partial charge in [0, 0.05) is 23.1 Å². The minimum atomic E-state index is -0.716. The number of hydrogen-bond donors (Lipinski definition) is 1. The van der Waals surface area contributed by atoms with Gasteiger partial charge in [0.05, 0.1) is 6.61 Å². The first kappa shape index (κ1) is 18.7. The molecule has 0 bridgehead atoms. The number of benzene rings is 2. The highest BCUT2D eigenvalue weighted by molar-refractivity contribution is 6.06. The molecular weight excluding hydrogens is 326 g/mol. The van der Waals surface area contributed by atoms with Crippen LogP contribution >= 0.6 is 0 Å². The lowest BCUT2D eigenvalue weighted by Crippen LogP contribution is -2.48. The molecule has 2 atom stereocenters. The van der Waals surface area contributed by atoms with Crippen LogP contribution < -0.4 is 10.1 Å². The Kier molecular flexibility index (Phi) is 5.82. The Morgan fingerprint density at radius 3 is 2.62 bits per heavy atom. The molecule has 1 amide bonds. The Hall–Kier alpha value is -2.07. The van der Waals surface area contributed by atoms with Crippen LogP contribution in [0.3, 0.4) is 0 Å². The molecule has 0 aliphatic heterocycles. The maximum atomic E-state index is 13.2. The second kappa shape index (κ2) is 8.09. The van der Waals surface area contributed by atoms with E-state index in [4.69, 9.17) is 9.47 Å². The number of carbonyl (C=O) groups is 1. The van der Waals surface area contributed by atoms with Gasteiger partial charge in [-0.25, -0.2) is 0 Å². The second-order valence-corrected chi connectivity index (χ2v) is 7.17. The predicted molar refractivity (Wildman–Crippen MR) is 106 cm³/mol. The van der Waals surface area contributed by atoms with Crippen molar-refractivity contribution in [3.8, 4) is 5.75 Å². The molecule has 1 fully saturated rings. The average molecular weight is 355 g/mol. The molecule has 3 rings (SSSR count). The van der Waals surface area contributed by atoms with E-state index in [1.807, 2.05) is 50.2 Å². The van der Waals surface area contributed by atoms with E-state index in [2.05, 4.69) is 12.2 Å².